The molecule has 0 aliphatic heterocycles. The maximum Gasteiger partial charge on any atom is 0.326 e. The van der Waals surface area contributed by atoms with Crippen LogP contribution in [0.1, 0.15) is 27.2 Å². The minimum atomic E-state index is -1.02. The third-order valence-corrected chi connectivity index (χ3v) is 2.00. The molecule has 0 aromatic carbocycles. The number of rotatable bonds is 4. The van der Waals surface area contributed by atoms with Crippen molar-refractivity contribution in [3.63, 3.8) is 0 Å². The Kier molecular flexibility index (Phi) is 5.38. The molecule has 0 aromatic rings. The zero-order chi connectivity index (χ0) is 11.1. The average molecular weight is 197 g/mol. The van der Waals surface area contributed by atoms with Crippen molar-refractivity contribution in [1.82, 2.24) is 5.32 Å². The van der Waals surface area contributed by atoms with Gasteiger partial charge in [0.2, 0.25) is 0 Å². The number of carboxylic acid groups (broad SMARTS) is 1. The van der Waals surface area contributed by atoms with E-state index < -0.39 is 17.9 Å². The molecule has 0 aliphatic rings. The molecule has 4 heteroatoms. The minimum Gasteiger partial charge on any atom is -0.480 e. The maximum absolute atomic E-state index is 11.0. The van der Waals surface area contributed by atoms with Crippen LogP contribution in [-0.4, -0.2) is 23.0 Å². The van der Waals surface area contributed by atoms with Gasteiger partial charge in [0.25, 0.3) is 5.91 Å². The summed E-state index contributed by atoms with van der Waals surface area (Å²) < 4.78 is 0. The van der Waals surface area contributed by atoms with E-state index in [4.69, 9.17) is 5.11 Å². The molecule has 0 fully saturated rings. The van der Waals surface area contributed by atoms with Crippen LogP contribution in [0.15, 0.2) is 0 Å². The molecule has 0 spiro atoms. The first-order valence-electron chi connectivity index (χ1n) is 4.49. The van der Waals surface area contributed by atoms with Crippen molar-refractivity contribution in [2.75, 3.05) is 0 Å². The molecule has 0 radical (unpaired) electrons. The van der Waals surface area contributed by atoms with E-state index in [0.717, 1.165) is 0 Å². The Balaban J connectivity index is 4.43. The summed E-state index contributed by atoms with van der Waals surface area (Å²) in [7, 11) is 0. The van der Waals surface area contributed by atoms with Gasteiger partial charge in [-0.1, -0.05) is 26.2 Å². The zero-order valence-corrected chi connectivity index (χ0v) is 8.63. The SMILES string of the molecule is CC#CC(=O)N[C@H](C(=O)O)[C@@H](C)CC. The van der Waals surface area contributed by atoms with Gasteiger partial charge in [0.05, 0.1) is 0 Å². The summed E-state index contributed by atoms with van der Waals surface area (Å²) in [5.74, 6) is 2.99. The Morgan fingerprint density at radius 1 is 1.50 bits per heavy atom. The van der Waals surface area contributed by atoms with Gasteiger partial charge in [0.1, 0.15) is 6.04 Å². The Morgan fingerprint density at radius 2 is 2.07 bits per heavy atom. The molecule has 14 heavy (non-hydrogen) atoms. The molecule has 0 heterocycles. The van der Waals surface area contributed by atoms with Crippen LogP contribution in [0.5, 0.6) is 0 Å². The van der Waals surface area contributed by atoms with Gasteiger partial charge in [0.15, 0.2) is 0 Å². The van der Waals surface area contributed by atoms with Crippen molar-refractivity contribution < 1.29 is 14.7 Å². The van der Waals surface area contributed by atoms with Crippen molar-refractivity contribution >= 4 is 11.9 Å². The molecule has 0 saturated heterocycles. The molecule has 2 atom stereocenters. The lowest BCUT2D eigenvalue weighted by Gasteiger charge is -2.18. The number of hydrogen-bond acceptors (Lipinski definition) is 2. The number of aliphatic carboxylic acids is 1. The second-order valence-corrected chi connectivity index (χ2v) is 3.05. The second kappa shape index (κ2) is 6.03. The summed E-state index contributed by atoms with van der Waals surface area (Å²) in [5.41, 5.74) is 0. The summed E-state index contributed by atoms with van der Waals surface area (Å²) >= 11 is 0. The van der Waals surface area contributed by atoms with Gasteiger partial charge in [-0.3, -0.25) is 4.79 Å². The standard InChI is InChI=1S/C10H15NO3/c1-4-6-8(12)11-9(10(13)14)7(3)5-2/h7,9H,5H2,1-3H3,(H,11,12)(H,13,14)/t7-,9-/m0/s1. The highest BCUT2D eigenvalue weighted by Crippen LogP contribution is 2.07. The van der Waals surface area contributed by atoms with E-state index >= 15 is 0 Å². The van der Waals surface area contributed by atoms with Crippen LogP contribution in [-0.2, 0) is 9.59 Å². The Labute approximate surface area is 83.7 Å². The van der Waals surface area contributed by atoms with Gasteiger partial charge in [-0.15, -0.1) is 0 Å². The van der Waals surface area contributed by atoms with E-state index in [1.807, 2.05) is 6.92 Å². The largest absolute Gasteiger partial charge is 0.480 e. The Bertz CT molecular complexity index is 275. The lowest BCUT2D eigenvalue weighted by atomic mass is 9.99. The van der Waals surface area contributed by atoms with Crippen LogP contribution in [0.4, 0.5) is 0 Å². The Hall–Kier alpha value is -1.50. The highest BCUT2D eigenvalue weighted by molar-refractivity contribution is 5.95. The monoisotopic (exact) mass is 197 g/mol. The van der Waals surface area contributed by atoms with Gasteiger partial charge >= 0.3 is 5.97 Å². The summed E-state index contributed by atoms with van der Waals surface area (Å²) in [6.07, 6.45) is 0.691. The lowest BCUT2D eigenvalue weighted by molar-refractivity contribution is -0.142. The number of carbonyl (C=O) groups is 2. The van der Waals surface area contributed by atoms with E-state index in [1.54, 1.807) is 6.92 Å². The average Bonchev–Trinajstić information content (AvgIpc) is 2.13. The predicted octanol–water partition coefficient (Wildman–Crippen LogP) is 0.625. The van der Waals surface area contributed by atoms with Gasteiger partial charge in [-0.05, 0) is 18.8 Å². The molecule has 0 aromatic heterocycles. The molecule has 0 bridgehead atoms. The Morgan fingerprint density at radius 3 is 2.43 bits per heavy atom. The fourth-order valence-corrected chi connectivity index (χ4v) is 0.974. The van der Waals surface area contributed by atoms with Crippen molar-refractivity contribution in [3.8, 4) is 11.8 Å². The van der Waals surface area contributed by atoms with Crippen LogP contribution < -0.4 is 5.32 Å². The van der Waals surface area contributed by atoms with Crippen LogP contribution in [0, 0.1) is 17.8 Å². The first-order chi connectivity index (χ1) is 6.52. The molecule has 4 nitrogen and oxygen atoms in total. The summed E-state index contributed by atoms with van der Waals surface area (Å²) in [6, 6.07) is -0.853. The van der Waals surface area contributed by atoms with Crippen molar-refractivity contribution in [2.24, 2.45) is 5.92 Å². The molecule has 78 valence electrons. The predicted molar refractivity (Wildman–Crippen MR) is 52.5 cm³/mol. The number of carbonyl (C=O) groups excluding carboxylic acids is 1. The second-order valence-electron chi connectivity index (χ2n) is 3.05. The van der Waals surface area contributed by atoms with Crippen molar-refractivity contribution in [3.05, 3.63) is 0 Å². The molecular weight excluding hydrogens is 182 g/mol. The van der Waals surface area contributed by atoms with Gasteiger partial charge < -0.3 is 10.4 Å². The molecule has 0 unspecified atom stereocenters. The first-order valence-corrected chi connectivity index (χ1v) is 4.49. The van der Waals surface area contributed by atoms with Crippen LogP contribution in [0.3, 0.4) is 0 Å². The third-order valence-electron chi connectivity index (χ3n) is 2.00. The number of nitrogens with one attached hydrogen (secondary N) is 1. The van der Waals surface area contributed by atoms with E-state index in [9.17, 15) is 9.59 Å². The van der Waals surface area contributed by atoms with Crippen molar-refractivity contribution in [2.45, 2.75) is 33.2 Å². The first kappa shape index (κ1) is 12.5. The quantitative estimate of drug-likeness (QED) is 0.649. The lowest BCUT2D eigenvalue weighted by Crippen LogP contribution is -2.44. The molecule has 1 amide bonds. The zero-order valence-electron chi connectivity index (χ0n) is 8.63. The summed E-state index contributed by atoms with van der Waals surface area (Å²) in [6.45, 7) is 5.18. The van der Waals surface area contributed by atoms with Gasteiger partial charge in [-0.2, -0.15) is 0 Å². The van der Waals surface area contributed by atoms with Gasteiger partial charge in [0, 0.05) is 0 Å². The normalized spacial score (nSPS) is 13.4. The molecule has 0 aliphatic carbocycles. The van der Waals surface area contributed by atoms with E-state index in [0.29, 0.717) is 6.42 Å². The topological polar surface area (TPSA) is 66.4 Å². The highest BCUT2D eigenvalue weighted by Gasteiger charge is 2.24. The number of amides is 1. The molecular formula is C10H15NO3. The molecule has 0 rings (SSSR count). The molecule has 0 saturated carbocycles. The summed E-state index contributed by atoms with van der Waals surface area (Å²) in [5, 5.41) is 11.2. The van der Waals surface area contributed by atoms with E-state index in [1.165, 1.54) is 6.92 Å². The maximum atomic E-state index is 11.0. The number of hydrogen-bond donors (Lipinski definition) is 2. The third kappa shape index (κ3) is 3.94. The summed E-state index contributed by atoms with van der Waals surface area (Å²) in [4.78, 5) is 21.8. The smallest absolute Gasteiger partial charge is 0.326 e. The van der Waals surface area contributed by atoms with Crippen LogP contribution in [0.2, 0.25) is 0 Å². The van der Waals surface area contributed by atoms with Gasteiger partial charge in [-0.25, -0.2) is 4.79 Å². The van der Waals surface area contributed by atoms with E-state index in [-0.39, 0.29) is 5.92 Å². The van der Waals surface area contributed by atoms with Crippen molar-refractivity contribution in [1.29, 1.82) is 0 Å². The fourth-order valence-electron chi connectivity index (χ4n) is 0.974. The number of carboxylic acids is 1. The van der Waals surface area contributed by atoms with Crippen LogP contribution >= 0.6 is 0 Å². The minimum absolute atomic E-state index is 0.102. The highest BCUT2D eigenvalue weighted by atomic mass is 16.4. The molecule has 2 N–H and O–H groups in total. The van der Waals surface area contributed by atoms with E-state index in [2.05, 4.69) is 17.2 Å². The fraction of sp³-hybridized carbons (Fsp3) is 0.600. The van der Waals surface area contributed by atoms with Crippen LogP contribution in [0.25, 0.3) is 0 Å².